The van der Waals surface area contributed by atoms with E-state index in [2.05, 4.69) is 24.5 Å². The topological polar surface area (TPSA) is 24.1 Å². The van der Waals surface area contributed by atoms with E-state index >= 15 is 0 Å². The van der Waals surface area contributed by atoms with Crippen molar-refractivity contribution in [3.05, 3.63) is 65.2 Å². The standard InChI is InChI=1S/C22H25F3N2S/c1-15(2)16-8-10-19(11-9-16)26-20(28)27-21(12-3-4-13-21)17-6-5-7-18(14-17)22(23,24)25/h5-11,14-15H,3-4,12-13H2,1-2H3,(H2,26,27,28). The molecule has 1 aliphatic rings. The van der Waals surface area contributed by atoms with E-state index < -0.39 is 17.3 Å². The van der Waals surface area contributed by atoms with Gasteiger partial charge in [0.1, 0.15) is 0 Å². The van der Waals surface area contributed by atoms with E-state index in [1.54, 1.807) is 6.07 Å². The molecule has 1 fully saturated rings. The monoisotopic (exact) mass is 406 g/mol. The fourth-order valence-electron chi connectivity index (χ4n) is 3.79. The van der Waals surface area contributed by atoms with E-state index in [1.807, 2.05) is 24.3 Å². The van der Waals surface area contributed by atoms with Gasteiger partial charge in [0.15, 0.2) is 5.11 Å². The molecule has 1 aliphatic carbocycles. The van der Waals surface area contributed by atoms with E-state index in [-0.39, 0.29) is 0 Å². The smallest absolute Gasteiger partial charge is 0.353 e. The van der Waals surface area contributed by atoms with Crippen molar-refractivity contribution in [3.8, 4) is 0 Å². The predicted molar refractivity (Wildman–Crippen MR) is 111 cm³/mol. The lowest BCUT2D eigenvalue weighted by atomic mass is 9.87. The summed E-state index contributed by atoms with van der Waals surface area (Å²) in [6.07, 6.45) is -0.943. The van der Waals surface area contributed by atoms with Crippen molar-refractivity contribution in [1.82, 2.24) is 5.32 Å². The maximum Gasteiger partial charge on any atom is 0.416 e. The maximum atomic E-state index is 13.2. The van der Waals surface area contributed by atoms with Gasteiger partial charge >= 0.3 is 6.18 Å². The maximum absolute atomic E-state index is 13.2. The summed E-state index contributed by atoms with van der Waals surface area (Å²) in [7, 11) is 0. The van der Waals surface area contributed by atoms with Crippen LogP contribution in [0, 0.1) is 0 Å². The van der Waals surface area contributed by atoms with E-state index in [1.165, 1.54) is 17.7 Å². The second-order valence-electron chi connectivity index (χ2n) is 7.72. The Hall–Kier alpha value is -2.08. The molecule has 0 saturated heterocycles. The van der Waals surface area contributed by atoms with Crippen LogP contribution in [0.4, 0.5) is 18.9 Å². The normalized spacial score (nSPS) is 16.2. The van der Waals surface area contributed by atoms with Gasteiger partial charge < -0.3 is 10.6 Å². The van der Waals surface area contributed by atoms with E-state index in [0.717, 1.165) is 37.4 Å². The van der Waals surface area contributed by atoms with Crippen LogP contribution in [0.25, 0.3) is 0 Å². The molecule has 3 rings (SSSR count). The summed E-state index contributed by atoms with van der Waals surface area (Å²) in [5.74, 6) is 0.446. The Labute approximate surface area is 169 Å². The van der Waals surface area contributed by atoms with Crippen molar-refractivity contribution in [2.24, 2.45) is 0 Å². The van der Waals surface area contributed by atoms with Gasteiger partial charge in [-0.15, -0.1) is 0 Å². The lowest BCUT2D eigenvalue weighted by Crippen LogP contribution is -2.45. The molecule has 0 aliphatic heterocycles. The van der Waals surface area contributed by atoms with Crippen molar-refractivity contribution >= 4 is 23.0 Å². The summed E-state index contributed by atoms with van der Waals surface area (Å²) in [6, 6.07) is 13.6. The molecule has 2 nitrogen and oxygen atoms in total. The molecule has 1 saturated carbocycles. The van der Waals surface area contributed by atoms with Gasteiger partial charge in [-0.05, 0) is 66.4 Å². The van der Waals surface area contributed by atoms with Gasteiger partial charge in [0.05, 0.1) is 11.1 Å². The first-order chi connectivity index (χ1) is 13.2. The first-order valence-corrected chi connectivity index (χ1v) is 9.97. The summed E-state index contributed by atoms with van der Waals surface area (Å²) in [6.45, 7) is 4.26. The Morgan fingerprint density at radius 2 is 1.68 bits per heavy atom. The number of benzene rings is 2. The highest BCUT2D eigenvalue weighted by molar-refractivity contribution is 7.80. The number of halogens is 3. The molecule has 0 atom stereocenters. The highest BCUT2D eigenvalue weighted by Crippen LogP contribution is 2.41. The van der Waals surface area contributed by atoms with Crippen molar-refractivity contribution in [2.75, 3.05) is 5.32 Å². The zero-order valence-electron chi connectivity index (χ0n) is 16.1. The minimum Gasteiger partial charge on any atom is -0.353 e. The van der Waals surface area contributed by atoms with Crippen LogP contribution in [0.15, 0.2) is 48.5 Å². The third kappa shape index (κ3) is 4.66. The summed E-state index contributed by atoms with van der Waals surface area (Å²) < 4.78 is 39.5. The van der Waals surface area contributed by atoms with Gasteiger partial charge in [0.25, 0.3) is 0 Å². The highest BCUT2D eigenvalue weighted by atomic mass is 32.1. The van der Waals surface area contributed by atoms with Crippen LogP contribution in [0.3, 0.4) is 0 Å². The third-order valence-corrected chi connectivity index (χ3v) is 5.59. The fraction of sp³-hybridized carbons (Fsp3) is 0.409. The minimum atomic E-state index is -4.35. The van der Waals surface area contributed by atoms with Gasteiger partial charge in [0, 0.05) is 5.69 Å². The van der Waals surface area contributed by atoms with Crippen molar-refractivity contribution in [1.29, 1.82) is 0 Å². The predicted octanol–water partition coefficient (Wildman–Crippen LogP) is 6.58. The van der Waals surface area contributed by atoms with Crippen LogP contribution in [0.2, 0.25) is 0 Å². The van der Waals surface area contributed by atoms with Crippen molar-refractivity contribution in [3.63, 3.8) is 0 Å². The summed E-state index contributed by atoms with van der Waals surface area (Å²) >= 11 is 5.49. The largest absolute Gasteiger partial charge is 0.416 e. The van der Waals surface area contributed by atoms with Crippen LogP contribution in [0.1, 0.15) is 62.1 Å². The van der Waals surface area contributed by atoms with Crippen LogP contribution >= 0.6 is 12.2 Å². The lowest BCUT2D eigenvalue weighted by Gasteiger charge is -2.33. The second kappa shape index (κ2) is 8.11. The van der Waals surface area contributed by atoms with Crippen LogP contribution in [-0.4, -0.2) is 5.11 Å². The first-order valence-electron chi connectivity index (χ1n) is 9.56. The van der Waals surface area contributed by atoms with Crippen molar-refractivity contribution < 1.29 is 13.2 Å². The molecule has 0 spiro atoms. The van der Waals surface area contributed by atoms with Gasteiger partial charge in [-0.1, -0.05) is 51.0 Å². The SMILES string of the molecule is CC(C)c1ccc(NC(=S)NC2(c3cccc(C(F)(F)F)c3)CCCC2)cc1. The summed E-state index contributed by atoms with van der Waals surface area (Å²) in [4.78, 5) is 0. The Bertz CT molecular complexity index is 822. The molecule has 0 aromatic heterocycles. The Morgan fingerprint density at radius 3 is 2.25 bits per heavy atom. The van der Waals surface area contributed by atoms with Gasteiger partial charge in [-0.3, -0.25) is 0 Å². The quantitative estimate of drug-likeness (QED) is 0.561. The van der Waals surface area contributed by atoms with Gasteiger partial charge in [-0.25, -0.2) is 0 Å². The number of alkyl halides is 3. The Kier molecular flexibility index (Phi) is 5.98. The zero-order chi connectivity index (χ0) is 20.4. The molecule has 2 N–H and O–H groups in total. The van der Waals surface area contributed by atoms with Gasteiger partial charge in [-0.2, -0.15) is 13.2 Å². The zero-order valence-corrected chi connectivity index (χ0v) is 16.9. The molecule has 0 amide bonds. The number of rotatable bonds is 4. The molecule has 0 unspecified atom stereocenters. The number of nitrogens with one attached hydrogen (secondary N) is 2. The number of thiocarbonyl (C=S) groups is 1. The molecular weight excluding hydrogens is 381 g/mol. The first kappa shape index (κ1) is 20.6. The van der Waals surface area contributed by atoms with Crippen LogP contribution < -0.4 is 10.6 Å². The minimum absolute atomic E-state index is 0.427. The number of hydrogen-bond acceptors (Lipinski definition) is 1. The molecular formula is C22H25F3N2S. The Balaban J connectivity index is 1.78. The summed E-state index contributed by atoms with van der Waals surface area (Å²) in [5, 5.41) is 6.93. The highest BCUT2D eigenvalue weighted by Gasteiger charge is 2.38. The molecule has 2 aromatic carbocycles. The molecule has 0 heterocycles. The fourth-order valence-corrected chi connectivity index (χ4v) is 4.10. The molecule has 150 valence electrons. The van der Waals surface area contributed by atoms with E-state index in [9.17, 15) is 13.2 Å². The molecule has 0 radical (unpaired) electrons. The molecule has 2 aromatic rings. The third-order valence-electron chi connectivity index (χ3n) is 5.39. The lowest BCUT2D eigenvalue weighted by molar-refractivity contribution is -0.137. The average molecular weight is 407 g/mol. The number of anilines is 1. The van der Waals surface area contributed by atoms with Crippen molar-refractivity contribution in [2.45, 2.75) is 57.2 Å². The molecule has 0 bridgehead atoms. The second-order valence-corrected chi connectivity index (χ2v) is 8.13. The molecule has 6 heteroatoms. The summed E-state index contributed by atoms with van der Waals surface area (Å²) in [5.41, 5.74) is 1.54. The van der Waals surface area contributed by atoms with E-state index in [4.69, 9.17) is 12.2 Å². The van der Waals surface area contributed by atoms with Gasteiger partial charge in [0.2, 0.25) is 0 Å². The number of hydrogen-bond donors (Lipinski definition) is 2. The molecule has 28 heavy (non-hydrogen) atoms. The van der Waals surface area contributed by atoms with Crippen LogP contribution in [-0.2, 0) is 11.7 Å². The van der Waals surface area contributed by atoms with E-state index in [0.29, 0.717) is 16.6 Å². The van der Waals surface area contributed by atoms with Crippen LogP contribution in [0.5, 0.6) is 0 Å². The Morgan fingerprint density at radius 1 is 1.04 bits per heavy atom. The average Bonchev–Trinajstić information content (AvgIpc) is 3.11.